The molecular formula is C14H28N2O. The molecule has 2 fully saturated rings. The molecule has 0 bridgehead atoms. The van der Waals surface area contributed by atoms with E-state index in [1.54, 1.807) is 0 Å². The van der Waals surface area contributed by atoms with Gasteiger partial charge in [-0.1, -0.05) is 19.8 Å². The van der Waals surface area contributed by atoms with E-state index in [0.717, 1.165) is 24.9 Å². The first-order chi connectivity index (χ1) is 8.29. The van der Waals surface area contributed by atoms with Crippen LogP contribution in [0.25, 0.3) is 0 Å². The Kier molecular flexibility index (Phi) is 5.26. The predicted molar refractivity (Wildman–Crippen MR) is 70.4 cm³/mol. The molecule has 3 N–H and O–H groups in total. The maximum absolute atomic E-state index is 5.83. The molecule has 4 atom stereocenters. The van der Waals surface area contributed by atoms with E-state index in [-0.39, 0.29) is 0 Å². The second-order valence-electron chi connectivity index (χ2n) is 6.03. The Morgan fingerprint density at radius 3 is 2.76 bits per heavy atom. The number of hydrazine groups is 1. The fourth-order valence-corrected chi connectivity index (χ4v) is 3.52. The van der Waals surface area contributed by atoms with E-state index in [1.165, 1.54) is 44.9 Å². The molecule has 0 radical (unpaired) electrons. The van der Waals surface area contributed by atoms with Crippen molar-refractivity contribution in [2.45, 2.75) is 70.4 Å². The lowest BCUT2D eigenvalue weighted by atomic mass is 9.77. The molecule has 1 heterocycles. The maximum atomic E-state index is 5.83. The molecule has 3 nitrogen and oxygen atoms in total. The number of hydrogen-bond acceptors (Lipinski definition) is 3. The van der Waals surface area contributed by atoms with Crippen LogP contribution < -0.4 is 11.3 Å². The van der Waals surface area contributed by atoms with Gasteiger partial charge in [-0.05, 0) is 50.4 Å². The minimum Gasteiger partial charge on any atom is -0.378 e. The molecule has 1 aliphatic heterocycles. The van der Waals surface area contributed by atoms with Crippen molar-refractivity contribution < 1.29 is 4.74 Å². The highest BCUT2D eigenvalue weighted by molar-refractivity contribution is 4.83. The van der Waals surface area contributed by atoms with Crippen LogP contribution in [0.5, 0.6) is 0 Å². The summed E-state index contributed by atoms with van der Waals surface area (Å²) in [7, 11) is 0. The zero-order valence-corrected chi connectivity index (χ0v) is 11.2. The van der Waals surface area contributed by atoms with Crippen LogP contribution in [-0.2, 0) is 4.74 Å². The normalized spacial score (nSPS) is 36.7. The van der Waals surface area contributed by atoms with Crippen molar-refractivity contribution in [3.63, 3.8) is 0 Å². The summed E-state index contributed by atoms with van der Waals surface area (Å²) in [5, 5.41) is 0. The molecule has 0 aromatic rings. The van der Waals surface area contributed by atoms with Crippen LogP contribution in [-0.4, -0.2) is 18.8 Å². The Hall–Kier alpha value is -0.120. The molecule has 0 aromatic heterocycles. The molecule has 100 valence electrons. The molecule has 2 rings (SSSR count). The van der Waals surface area contributed by atoms with Gasteiger partial charge in [0.15, 0.2) is 0 Å². The average Bonchev–Trinajstić information content (AvgIpc) is 2.37. The van der Waals surface area contributed by atoms with Crippen LogP contribution in [0, 0.1) is 11.8 Å². The Morgan fingerprint density at radius 2 is 2.12 bits per heavy atom. The Labute approximate surface area is 105 Å². The number of rotatable bonds is 4. The number of ether oxygens (including phenoxy) is 1. The van der Waals surface area contributed by atoms with Gasteiger partial charge in [-0.3, -0.25) is 11.3 Å². The average molecular weight is 240 g/mol. The van der Waals surface area contributed by atoms with Crippen LogP contribution in [0.2, 0.25) is 0 Å². The fourth-order valence-electron chi connectivity index (χ4n) is 3.52. The van der Waals surface area contributed by atoms with E-state index in [0.29, 0.717) is 12.1 Å². The van der Waals surface area contributed by atoms with E-state index < -0.39 is 0 Å². The van der Waals surface area contributed by atoms with Crippen molar-refractivity contribution in [3.05, 3.63) is 0 Å². The highest BCUT2D eigenvalue weighted by atomic mass is 16.5. The first-order valence-corrected chi connectivity index (χ1v) is 7.37. The molecule has 1 saturated carbocycles. The third-order valence-corrected chi connectivity index (χ3v) is 4.55. The predicted octanol–water partition coefficient (Wildman–Crippen LogP) is 2.60. The van der Waals surface area contributed by atoms with Gasteiger partial charge in [0.25, 0.3) is 0 Å². The lowest BCUT2D eigenvalue weighted by Crippen LogP contribution is -2.45. The van der Waals surface area contributed by atoms with Gasteiger partial charge < -0.3 is 4.74 Å². The molecule has 2 aliphatic rings. The van der Waals surface area contributed by atoms with Gasteiger partial charge in [0.1, 0.15) is 0 Å². The smallest absolute Gasteiger partial charge is 0.0590 e. The van der Waals surface area contributed by atoms with Crippen LogP contribution >= 0.6 is 0 Å². The van der Waals surface area contributed by atoms with Gasteiger partial charge in [-0.15, -0.1) is 0 Å². The molecule has 1 aliphatic carbocycles. The highest BCUT2D eigenvalue weighted by Gasteiger charge is 2.28. The summed E-state index contributed by atoms with van der Waals surface area (Å²) in [4.78, 5) is 0. The summed E-state index contributed by atoms with van der Waals surface area (Å²) in [6.07, 6.45) is 10.8. The number of nitrogens with two attached hydrogens (primary N) is 1. The zero-order chi connectivity index (χ0) is 12.1. The number of hydrogen-bond donors (Lipinski definition) is 2. The molecule has 0 aromatic carbocycles. The van der Waals surface area contributed by atoms with Crippen molar-refractivity contribution >= 4 is 0 Å². The van der Waals surface area contributed by atoms with Gasteiger partial charge >= 0.3 is 0 Å². The van der Waals surface area contributed by atoms with Crippen molar-refractivity contribution in [1.82, 2.24) is 5.43 Å². The quantitative estimate of drug-likeness (QED) is 0.586. The standard InChI is InChI=1S/C14H28N2O/c1-11-5-4-6-12(9-11)14(16-15)10-13-7-2-3-8-17-13/h11-14,16H,2-10,15H2,1H3. The third kappa shape index (κ3) is 3.94. The second-order valence-corrected chi connectivity index (χ2v) is 6.03. The molecule has 4 unspecified atom stereocenters. The molecular weight excluding hydrogens is 212 g/mol. The van der Waals surface area contributed by atoms with Crippen LogP contribution in [0.4, 0.5) is 0 Å². The molecule has 0 amide bonds. The third-order valence-electron chi connectivity index (χ3n) is 4.55. The summed E-state index contributed by atoms with van der Waals surface area (Å²) in [5.41, 5.74) is 3.06. The first-order valence-electron chi connectivity index (χ1n) is 7.37. The number of nitrogens with one attached hydrogen (secondary N) is 1. The lowest BCUT2D eigenvalue weighted by molar-refractivity contribution is -0.00135. The van der Waals surface area contributed by atoms with Gasteiger partial charge in [-0.2, -0.15) is 0 Å². The largest absolute Gasteiger partial charge is 0.378 e. The van der Waals surface area contributed by atoms with Crippen molar-refractivity contribution in [3.8, 4) is 0 Å². The SMILES string of the molecule is CC1CCCC(C(CC2CCCCO2)NN)C1. The second kappa shape index (κ2) is 6.72. The Bertz CT molecular complexity index is 216. The first kappa shape index (κ1) is 13.3. The minimum atomic E-state index is 0.446. The highest BCUT2D eigenvalue weighted by Crippen LogP contribution is 2.33. The van der Waals surface area contributed by atoms with E-state index in [9.17, 15) is 0 Å². The summed E-state index contributed by atoms with van der Waals surface area (Å²) >= 11 is 0. The van der Waals surface area contributed by atoms with E-state index in [4.69, 9.17) is 10.6 Å². The topological polar surface area (TPSA) is 47.3 Å². The molecule has 0 spiro atoms. The van der Waals surface area contributed by atoms with E-state index >= 15 is 0 Å². The summed E-state index contributed by atoms with van der Waals surface area (Å²) in [6.45, 7) is 3.32. The van der Waals surface area contributed by atoms with Crippen molar-refractivity contribution in [2.75, 3.05) is 6.61 Å². The zero-order valence-electron chi connectivity index (χ0n) is 11.2. The minimum absolute atomic E-state index is 0.446. The molecule has 3 heteroatoms. The van der Waals surface area contributed by atoms with E-state index in [1.807, 2.05) is 0 Å². The van der Waals surface area contributed by atoms with E-state index in [2.05, 4.69) is 12.3 Å². The molecule has 1 saturated heterocycles. The maximum Gasteiger partial charge on any atom is 0.0590 e. The summed E-state index contributed by atoms with van der Waals surface area (Å²) in [5.74, 6) is 7.39. The van der Waals surface area contributed by atoms with Gasteiger partial charge in [0, 0.05) is 12.6 Å². The van der Waals surface area contributed by atoms with Gasteiger partial charge in [0.05, 0.1) is 6.10 Å². The summed E-state index contributed by atoms with van der Waals surface area (Å²) in [6, 6.07) is 0.459. The fraction of sp³-hybridized carbons (Fsp3) is 1.00. The molecule has 17 heavy (non-hydrogen) atoms. The van der Waals surface area contributed by atoms with Gasteiger partial charge in [-0.25, -0.2) is 0 Å². The van der Waals surface area contributed by atoms with Crippen LogP contribution in [0.15, 0.2) is 0 Å². The summed E-state index contributed by atoms with van der Waals surface area (Å²) < 4.78 is 5.83. The van der Waals surface area contributed by atoms with Crippen LogP contribution in [0.1, 0.15) is 58.3 Å². The Balaban J connectivity index is 1.82. The monoisotopic (exact) mass is 240 g/mol. The lowest BCUT2D eigenvalue weighted by Gasteiger charge is -2.35. The van der Waals surface area contributed by atoms with Crippen LogP contribution in [0.3, 0.4) is 0 Å². The Morgan fingerprint density at radius 1 is 1.24 bits per heavy atom. The van der Waals surface area contributed by atoms with Crippen molar-refractivity contribution in [2.24, 2.45) is 17.7 Å². The van der Waals surface area contributed by atoms with Gasteiger partial charge in [0.2, 0.25) is 0 Å². The van der Waals surface area contributed by atoms with Crippen molar-refractivity contribution in [1.29, 1.82) is 0 Å².